The molecule has 0 aliphatic rings. The molecule has 18 heavy (non-hydrogen) atoms. The highest BCUT2D eigenvalue weighted by Crippen LogP contribution is 2.21. The lowest BCUT2D eigenvalue weighted by molar-refractivity contribution is 0.577. The lowest BCUT2D eigenvalue weighted by Crippen LogP contribution is -2.18. The molecule has 4 heteroatoms. The number of unbranched alkanes of at least 4 members (excludes halogenated alkanes) is 3. The quantitative estimate of drug-likeness (QED) is 0.534. The molecule has 0 amide bonds. The molecule has 0 heterocycles. The number of benzene rings is 1. The Kier molecular flexibility index (Phi) is 8.01. The van der Waals surface area contributed by atoms with Crippen molar-refractivity contribution < 1.29 is 8.78 Å². The Morgan fingerprint density at radius 2 is 1.94 bits per heavy atom. The maximum atomic E-state index is 13.3. The minimum Gasteiger partial charge on any atom is -0.316 e. The van der Waals surface area contributed by atoms with E-state index in [9.17, 15) is 8.78 Å². The minimum atomic E-state index is -0.383. The van der Waals surface area contributed by atoms with Gasteiger partial charge in [-0.15, -0.1) is 11.8 Å². The van der Waals surface area contributed by atoms with Crippen molar-refractivity contribution in [1.29, 1.82) is 0 Å². The monoisotopic (exact) mass is 273 g/mol. The first kappa shape index (κ1) is 15.4. The number of hydrogen-bond acceptors (Lipinski definition) is 2. The van der Waals surface area contributed by atoms with Crippen LogP contribution in [0.3, 0.4) is 0 Å². The van der Waals surface area contributed by atoms with E-state index in [-0.39, 0.29) is 11.6 Å². The van der Waals surface area contributed by atoms with Crippen LogP contribution in [0.15, 0.2) is 23.1 Å². The Morgan fingerprint density at radius 1 is 1.11 bits per heavy atom. The van der Waals surface area contributed by atoms with Crippen LogP contribution in [0.5, 0.6) is 0 Å². The summed E-state index contributed by atoms with van der Waals surface area (Å²) in [4.78, 5) is 0.391. The molecule has 0 saturated carbocycles. The SMILES string of the molecule is CCCCCCNCCSc1cc(F)ccc1F. The third-order valence-electron chi connectivity index (χ3n) is 2.64. The van der Waals surface area contributed by atoms with Crippen molar-refractivity contribution in [3.05, 3.63) is 29.8 Å². The highest BCUT2D eigenvalue weighted by molar-refractivity contribution is 7.99. The summed E-state index contributed by atoms with van der Waals surface area (Å²) in [5, 5.41) is 3.31. The smallest absolute Gasteiger partial charge is 0.136 e. The van der Waals surface area contributed by atoms with Gasteiger partial charge in [0.1, 0.15) is 11.6 Å². The van der Waals surface area contributed by atoms with E-state index in [4.69, 9.17) is 0 Å². The van der Waals surface area contributed by atoms with Crippen molar-refractivity contribution in [2.75, 3.05) is 18.8 Å². The van der Waals surface area contributed by atoms with Gasteiger partial charge in [0, 0.05) is 17.2 Å². The second-order valence-corrected chi connectivity index (χ2v) is 5.37. The molecule has 0 spiro atoms. The Bertz CT molecular complexity index is 345. The zero-order valence-electron chi connectivity index (χ0n) is 10.8. The number of nitrogens with one attached hydrogen (secondary N) is 1. The van der Waals surface area contributed by atoms with Crippen LogP contribution >= 0.6 is 11.8 Å². The van der Waals surface area contributed by atoms with Crippen LogP contribution in [-0.2, 0) is 0 Å². The van der Waals surface area contributed by atoms with E-state index in [1.165, 1.54) is 49.6 Å². The Balaban J connectivity index is 2.09. The molecular weight excluding hydrogens is 252 g/mol. The highest BCUT2D eigenvalue weighted by atomic mass is 32.2. The average molecular weight is 273 g/mol. The summed E-state index contributed by atoms with van der Waals surface area (Å²) >= 11 is 1.35. The van der Waals surface area contributed by atoms with Crippen LogP contribution in [0, 0.1) is 11.6 Å². The van der Waals surface area contributed by atoms with Crippen LogP contribution in [0.25, 0.3) is 0 Å². The molecule has 0 radical (unpaired) electrons. The van der Waals surface area contributed by atoms with E-state index >= 15 is 0 Å². The molecule has 0 aliphatic heterocycles. The van der Waals surface area contributed by atoms with Crippen molar-refractivity contribution in [3.63, 3.8) is 0 Å². The average Bonchev–Trinajstić information content (AvgIpc) is 2.36. The summed E-state index contributed by atoms with van der Waals surface area (Å²) in [6.07, 6.45) is 4.97. The predicted molar refractivity (Wildman–Crippen MR) is 74.1 cm³/mol. The van der Waals surface area contributed by atoms with Gasteiger partial charge in [-0.3, -0.25) is 0 Å². The molecular formula is C14H21F2NS. The molecule has 1 rings (SSSR count). The van der Waals surface area contributed by atoms with Gasteiger partial charge in [-0.1, -0.05) is 26.2 Å². The molecule has 0 atom stereocenters. The second kappa shape index (κ2) is 9.34. The number of thioether (sulfide) groups is 1. The van der Waals surface area contributed by atoms with Crippen molar-refractivity contribution in [1.82, 2.24) is 5.32 Å². The molecule has 0 aromatic heterocycles. The van der Waals surface area contributed by atoms with Crippen LogP contribution in [0.4, 0.5) is 8.78 Å². The first-order chi connectivity index (χ1) is 8.74. The standard InChI is InChI=1S/C14H21F2NS/c1-2-3-4-5-8-17-9-10-18-14-11-12(15)6-7-13(14)16/h6-7,11,17H,2-5,8-10H2,1H3. The van der Waals surface area contributed by atoms with Crippen LogP contribution < -0.4 is 5.32 Å². The Morgan fingerprint density at radius 3 is 2.72 bits per heavy atom. The third-order valence-corrected chi connectivity index (χ3v) is 3.67. The fraction of sp³-hybridized carbons (Fsp3) is 0.571. The topological polar surface area (TPSA) is 12.0 Å². The molecule has 102 valence electrons. The molecule has 0 bridgehead atoms. The van der Waals surface area contributed by atoms with Crippen molar-refractivity contribution >= 4 is 11.8 Å². The third kappa shape index (κ3) is 6.36. The van der Waals surface area contributed by atoms with Crippen molar-refractivity contribution in [2.45, 2.75) is 37.5 Å². The molecule has 0 unspecified atom stereocenters. The van der Waals surface area contributed by atoms with E-state index in [0.29, 0.717) is 4.90 Å². The predicted octanol–water partition coefficient (Wildman–Crippen LogP) is 4.23. The van der Waals surface area contributed by atoms with Crippen LogP contribution in [0.1, 0.15) is 32.6 Å². The molecule has 1 N–H and O–H groups in total. The first-order valence-corrected chi connectivity index (χ1v) is 7.51. The Labute approximate surface area is 112 Å². The van der Waals surface area contributed by atoms with Gasteiger partial charge in [-0.2, -0.15) is 0 Å². The highest BCUT2D eigenvalue weighted by Gasteiger charge is 2.03. The molecule has 0 aliphatic carbocycles. The minimum absolute atomic E-state index is 0.343. The molecule has 1 aromatic rings. The normalized spacial score (nSPS) is 10.8. The summed E-state index contributed by atoms with van der Waals surface area (Å²) in [5.41, 5.74) is 0. The summed E-state index contributed by atoms with van der Waals surface area (Å²) in [5.74, 6) is 0.0319. The van der Waals surface area contributed by atoms with Gasteiger partial charge in [-0.05, 0) is 31.2 Å². The fourth-order valence-electron chi connectivity index (χ4n) is 1.62. The summed E-state index contributed by atoms with van der Waals surface area (Å²) in [6.45, 7) is 4.02. The zero-order chi connectivity index (χ0) is 13.2. The summed E-state index contributed by atoms with van der Waals surface area (Å²) in [6, 6.07) is 3.57. The molecule has 1 nitrogen and oxygen atoms in total. The maximum absolute atomic E-state index is 13.3. The number of rotatable bonds is 9. The summed E-state index contributed by atoms with van der Waals surface area (Å²) in [7, 11) is 0. The number of halogens is 2. The van der Waals surface area contributed by atoms with Crippen molar-refractivity contribution in [2.24, 2.45) is 0 Å². The molecule has 0 fully saturated rings. The van der Waals surface area contributed by atoms with Crippen LogP contribution in [-0.4, -0.2) is 18.8 Å². The maximum Gasteiger partial charge on any atom is 0.136 e. The lowest BCUT2D eigenvalue weighted by Gasteiger charge is -2.05. The van der Waals surface area contributed by atoms with E-state index in [1.54, 1.807) is 0 Å². The number of hydrogen-bond donors (Lipinski definition) is 1. The Hall–Kier alpha value is -0.610. The van der Waals surface area contributed by atoms with Gasteiger partial charge in [0.25, 0.3) is 0 Å². The van der Waals surface area contributed by atoms with Gasteiger partial charge in [0.15, 0.2) is 0 Å². The summed E-state index contributed by atoms with van der Waals surface area (Å²) < 4.78 is 26.2. The lowest BCUT2D eigenvalue weighted by atomic mass is 10.2. The molecule has 1 aromatic carbocycles. The largest absolute Gasteiger partial charge is 0.316 e. The first-order valence-electron chi connectivity index (χ1n) is 6.52. The van der Waals surface area contributed by atoms with Crippen LogP contribution in [0.2, 0.25) is 0 Å². The zero-order valence-corrected chi connectivity index (χ0v) is 11.7. The van der Waals surface area contributed by atoms with E-state index in [2.05, 4.69) is 12.2 Å². The van der Waals surface area contributed by atoms with Gasteiger partial charge >= 0.3 is 0 Å². The second-order valence-electron chi connectivity index (χ2n) is 4.23. The van der Waals surface area contributed by atoms with Gasteiger partial charge < -0.3 is 5.32 Å². The molecule has 0 saturated heterocycles. The van der Waals surface area contributed by atoms with Crippen molar-refractivity contribution in [3.8, 4) is 0 Å². The van der Waals surface area contributed by atoms with E-state index < -0.39 is 0 Å². The van der Waals surface area contributed by atoms with Gasteiger partial charge in [0.2, 0.25) is 0 Å². The van der Waals surface area contributed by atoms with E-state index in [1.807, 2.05) is 0 Å². The fourth-order valence-corrected chi connectivity index (χ4v) is 2.49. The van der Waals surface area contributed by atoms with E-state index in [0.717, 1.165) is 24.9 Å². The van der Waals surface area contributed by atoms with Gasteiger partial charge in [0.05, 0.1) is 0 Å². The van der Waals surface area contributed by atoms with Gasteiger partial charge in [-0.25, -0.2) is 8.78 Å².